The van der Waals surface area contributed by atoms with E-state index >= 15 is 0 Å². The van der Waals surface area contributed by atoms with Crippen LogP contribution < -0.4 is 4.74 Å². The molecule has 0 fully saturated rings. The number of carbonyl (C=O) groups excluding carboxylic acids is 1. The van der Waals surface area contributed by atoms with E-state index in [-0.39, 0.29) is 5.78 Å². The first-order valence-corrected chi connectivity index (χ1v) is 5.00. The average molecular weight is 211 g/mol. The molecule has 74 valence electrons. The van der Waals surface area contributed by atoms with Gasteiger partial charge in [0.15, 0.2) is 5.78 Å². The first-order chi connectivity index (χ1) is 6.72. The highest BCUT2D eigenvalue weighted by Crippen LogP contribution is 2.32. The predicted octanol–water partition coefficient (Wildman–Crippen LogP) is 2.87. The molecule has 3 heteroatoms. The van der Waals surface area contributed by atoms with Gasteiger partial charge in [0.2, 0.25) is 0 Å². The third-order valence-electron chi connectivity index (χ3n) is 2.52. The van der Waals surface area contributed by atoms with Crippen molar-refractivity contribution in [2.75, 3.05) is 7.11 Å². The fourth-order valence-corrected chi connectivity index (χ4v) is 2.07. The maximum atomic E-state index is 11.6. The highest BCUT2D eigenvalue weighted by Gasteiger charge is 2.21. The highest BCUT2D eigenvalue weighted by atomic mass is 35.5. The van der Waals surface area contributed by atoms with E-state index in [2.05, 4.69) is 0 Å². The van der Waals surface area contributed by atoms with Crippen molar-refractivity contribution >= 4 is 17.4 Å². The fourth-order valence-electron chi connectivity index (χ4n) is 1.86. The minimum Gasteiger partial charge on any atom is -0.496 e. The summed E-state index contributed by atoms with van der Waals surface area (Å²) in [4.78, 5) is 11.6. The molecule has 1 aromatic carbocycles. The van der Waals surface area contributed by atoms with Crippen LogP contribution in [0, 0.1) is 0 Å². The van der Waals surface area contributed by atoms with Crippen LogP contribution in [0.1, 0.15) is 28.8 Å². The van der Waals surface area contributed by atoms with E-state index in [1.54, 1.807) is 19.2 Å². The summed E-state index contributed by atoms with van der Waals surface area (Å²) >= 11 is 5.89. The molecule has 0 unspecified atom stereocenters. The molecule has 0 saturated heterocycles. The Hall–Kier alpha value is -1.02. The number of carbonyl (C=O) groups is 1. The smallest absolute Gasteiger partial charge is 0.163 e. The molecule has 1 aromatic rings. The van der Waals surface area contributed by atoms with Crippen molar-refractivity contribution in [3.63, 3.8) is 0 Å². The topological polar surface area (TPSA) is 26.3 Å². The molecular weight excluding hydrogens is 200 g/mol. The lowest BCUT2D eigenvalue weighted by Gasteiger charge is -2.17. The van der Waals surface area contributed by atoms with Gasteiger partial charge < -0.3 is 4.74 Å². The number of hydrogen-bond donors (Lipinski definition) is 0. The Morgan fingerprint density at radius 1 is 1.36 bits per heavy atom. The van der Waals surface area contributed by atoms with Crippen molar-refractivity contribution in [1.82, 2.24) is 0 Å². The van der Waals surface area contributed by atoms with Crippen LogP contribution in [0.25, 0.3) is 0 Å². The molecule has 0 heterocycles. The summed E-state index contributed by atoms with van der Waals surface area (Å²) in [5.74, 6) is 0.910. The van der Waals surface area contributed by atoms with Gasteiger partial charge in [0.1, 0.15) is 5.75 Å². The zero-order valence-corrected chi connectivity index (χ0v) is 8.73. The van der Waals surface area contributed by atoms with Gasteiger partial charge in [0.05, 0.1) is 7.11 Å². The molecule has 0 N–H and O–H groups in total. The van der Waals surface area contributed by atoms with Crippen molar-refractivity contribution < 1.29 is 9.53 Å². The van der Waals surface area contributed by atoms with Crippen LogP contribution in [0.2, 0.25) is 5.02 Å². The van der Waals surface area contributed by atoms with Gasteiger partial charge in [0, 0.05) is 22.6 Å². The Labute approximate surface area is 87.8 Å². The Kier molecular flexibility index (Phi) is 2.46. The lowest BCUT2D eigenvalue weighted by Crippen LogP contribution is -2.11. The van der Waals surface area contributed by atoms with Crippen molar-refractivity contribution in [3.8, 4) is 5.75 Å². The summed E-state index contributed by atoms with van der Waals surface area (Å²) in [6.07, 6.45) is 2.43. The van der Waals surface area contributed by atoms with E-state index in [4.69, 9.17) is 16.3 Å². The van der Waals surface area contributed by atoms with Crippen molar-refractivity contribution in [1.29, 1.82) is 0 Å². The molecule has 1 aliphatic rings. The molecule has 0 aromatic heterocycles. The second-order valence-corrected chi connectivity index (χ2v) is 3.85. The average Bonchev–Trinajstić information content (AvgIpc) is 2.18. The standard InChI is InChI=1S/C11H11ClO2/c1-14-11-6-7(12)5-9-8(11)3-2-4-10(9)13/h5-6H,2-4H2,1H3. The minimum absolute atomic E-state index is 0.173. The van der Waals surface area contributed by atoms with Gasteiger partial charge in [0.25, 0.3) is 0 Å². The molecule has 0 saturated carbocycles. The normalized spacial score (nSPS) is 15.1. The molecule has 2 rings (SSSR count). The van der Waals surface area contributed by atoms with E-state index in [9.17, 15) is 4.79 Å². The number of methoxy groups -OCH3 is 1. The fraction of sp³-hybridized carbons (Fsp3) is 0.364. The summed E-state index contributed by atoms with van der Waals surface area (Å²) in [5, 5.41) is 0.566. The van der Waals surface area contributed by atoms with Crippen molar-refractivity contribution in [2.24, 2.45) is 0 Å². The predicted molar refractivity (Wildman–Crippen MR) is 55.3 cm³/mol. The van der Waals surface area contributed by atoms with Crippen LogP contribution in [-0.4, -0.2) is 12.9 Å². The lowest BCUT2D eigenvalue weighted by molar-refractivity contribution is 0.0971. The second-order valence-electron chi connectivity index (χ2n) is 3.41. The highest BCUT2D eigenvalue weighted by molar-refractivity contribution is 6.31. The number of hydrogen-bond acceptors (Lipinski definition) is 2. The van der Waals surface area contributed by atoms with E-state index in [1.165, 1.54) is 0 Å². The monoisotopic (exact) mass is 210 g/mol. The first kappa shape index (κ1) is 9.53. The number of fused-ring (bicyclic) bond motifs is 1. The molecule has 14 heavy (non-hydrogen) atoms. The molecule has 0 amide bonds. The molecule has 1 aliphatic carbocycles. The van der Waals surface area contributed by atoms with E-state index in [0.29, 0.717) is 11.4 Å². The minimum atomic E-state index is 0.173. The van der Waals surface area contributed by atoms with Gasteiger partial charge in [-0.1, -0.05) is 11.6 Å². The van der Waals surface area contributed by atoms with Gasteiger partial charge in [-0.25, -0.2) is 0 Å². The van der Waals surface area contributed by atoms with Crippen molar-refractivity contribution in [3.05, 3.63) is 28.3 Å². The molecule has 0 radical (unpaired) electrons. The summed E-state index contributed by atoms with van der Waals surface area (Å²) < 4.78 is 5.21. The van der Waals surface area contributed by atoms with Crippen LogP contribution in [0.4, 0.5) is 0 Å². The van der Waals surface area contributed by atoms with E-state index in [1.807, 2.05) is 0 Å². The Morgan fingerprint density at radius 2 is 2.14 bits per heavy atom. The molecule has 2 nitrogen and oxygen atoms in total. The number of rotatable bonds is 1. The second kappa shape index (κ2) is 3.62. The van der Waals surface area contributed by atoms with Gasteiger partial charge in [-0.2, -0.15) is 0 Å². The summed E-state index contributed by atoms with van der Waals surface area (Å²) in [6, 6.07) is 3.50. The summed E-state index contributed by atoms with van der Waals surface area (Å²) in [6.45, 7) is 0. The maximum Gasteiger partial charge on any atom is 0.163 e. The van der Waals surface area contributed by atoms with Gasteiger partial charge in [-0.3, -0.25) is 4.79 Å². The zero-order valence-electron chi connectivity index (χ0n) is 7.97. The van der Waals surface area contributed by atoms with Crippen LogP contribution in [0.5, 0.6) is 5.75 Å². The Balaban J connectivity index is 2.60. The van der Waals surface area contributed by atoms with Gasteiger partial charge in [-0.15, -0.1) is 0 Å². The number of benzene rings is 1. The van der Waals surface area contributed by atoms with E-state index in [0.717, 1.165) is 29.7 Å². The van der Waals surface area contributed by atoms with Crippen LogP contribution in [0.3, 0.4) is 0 Å². The van der Waals surface area contributed by atoms with Crippen LogP contribution in [0.15, 0.2) is 12.1 Å². The molecule has 0 atom stereocenters. The van der Waals surface area contributed by atoms with Gasteiger partial charge >= 0.3 is 0 Å². The van der Waals surface area contributed by atoms with Crippen LogP contribution >= 0.6 is 11.6 Å². The van der Waals surface area contributed by atoms with Crippen LogP contribution in [-0.2, 0) is 6.42 Å². The first-order valence-electron chi connectivity index (χ1n) is 4.62. The van der Waals surface area contributed by atoms with Gasteiger partial charge in [-0.05, 0) is 25.0 Å². The largest absolute Gasteiger partial charge is 0.496 e. The molecule has 0 bridgehead atoms. The number of ketones is 1. The zero-order chi connectivity index (χ0) is 10.1. The molecular formula is C11H11ClO2. The maximum absolute atomic E-state index is 11.6. The lowest BCUT2D eigenvalue weighted by atomic mass is 9.90. The van der Waals surface area contributed by atoms with Crippen molar-refractivity contribution in [2.45, 2.75) is 19.3 Å². The summed E-state index contributed by atoms with van der Waals surface area (Å²) in [5.41, 5.74) is 1.74. The third-order valence-corrected chi connectivity index (χ3v) is 2.74. The molecule has 0 aliphatic heterocycles. The van der Waals surface area contributed by atoms with E-state index < -0.39 is 0 Å². The number of ether oxygens (including phenoxy) is 1. The number of halogens is 1. The Bertz CT molecular complexity index is 385. The quantitative estimate of drug-likeness (QED) is 0.713. The summed E-state index contributed by atoms with van der Waals surface area (Å²) in [7, 11) is 1.60. The molecule has 0 spiro atoms. The third kappa shape index (κ3) is 1.50. The SMILES string of the molecule is COc1cc(Cl)cc2c1CCCC2=O. The Morgan fingerprint density at radius 3 is 2.86 bits per heavy atom. The number of Topliss-reactive ketones (excluding diaryl/α,β-unsaturated/α-hetero) is 1.